The molecule has 0 aromatic carbocycles. The number of hydrogen-bond acceptors (Lipinski definition) is 1. The summed E-state index contributed by atoms with van der Waals surface area (Å²) in [6.45, 7) is 10.3. The number of unbranched alkanes of at least 4 members (excludes halogenated alkanes) is 5. The Morgan fingerprint density at radius 1 is 0.875 bits per heavy atom. The van der Waals surface area contributed by atoms with Gasteiger partial charge in [0.2, 0.25) is 0 Å². The minimum atomic E-state index is 0.760. The molecule has 0 fully saturated rings. The number of nitrogens with one attached hydrogen (secondary N) is 1. The SMILES string of the molecule is CCCCCCCCC(CC(C)C)NCC. The van der Waals surface area contributed by atoms with E-state index in [1.165, 1.54) is 51.4 Å². The molecule has 0 saturated heterocycles. The Hall–Kier alpha value is -0.0400. The molecule has 1 atom stereocenters. The Bertz CT molecular complexity index is 131. The topological polar surface area (TPSA) is 12.0 Å². The third-order valence-corrected chi connectivity index (χ3v) is 3.15. The molecular weight excluding hydrogens is 194 g/mol. The zero-order chi connectivity index (χ0) is 12.2. The van der Waals surface area contributed by atoms with E-state index in [-0.39, 0.29) is 0 Å². The van der Waals surface area contributed by atoms with Gasteiger partial charge in [0.05, 0.1) is 0 Å². The first-order chi connectivity index (χ1) is 7.70. The van der Waals surface area contributed by atoms with E-state index in [2.05, 4.69) is 33.0 Å². The van der Waals surface area contributed by atoms with E-state index >= 15 is 0 Å². The van der Waals surface area contributed by atoms with Crippen molar-refractivity contribution < 1.29 is 0 Å². The van der Waals surface area contributed by atoms with Crippen molar-refractivity contribution in [2.24, 2.45) is 5.92 Å². The highest BCUT2D eigenvalue weighted by atomic mass is 14.9. The van der Waals surface area contributed by atoms with Crippen LogP contribution in [0.2, 0.25) is 0 Å². The van der Waals surface area contributed by atoms with Gasteiger partial charge in [-0.1, -0.05) is 66.2 Å². The fraction of sp³-hybridized carbons (Fsp3) is 1.00. The van der Waals surface area contributed by atoms with Crippen molar-refractivity contribution in [1.29, 1.82) is 0 Å². The van der Waals surface area contributed by atoms with E-state index in [1.54, 1.807) is 0 Å². The summed E-state index contributed by atoms with van der Waals surface area (Å²) in [4.78, 5) is 0. The lowest BCUT2D eigenvalue weighted by Crippen LogP contribution is -2.30. The van der Waals surface area contributed by atoms with Gasteiger partial charge >= 0.3 is 0 Å². The van der Waals surface area contributed by atoms with Crippen LogP contribution in [0.15, 0.2) is 0 Å². The minimum absolute atomic E-state index is 0.760. The van der Waals surface area contributed by atoms with Crippen molar-refractivity contribution in [2.45, 2.75) is 85.1 Å². The quantitative estimate of drug-likeness (QED) is 0.502. The van der Waals surface area contributed by atoms with Gasteiger partial charge in [-0.25, -0.2) is 0 Å². The molecule has 0 aromatic heterocycles. The van der Waals surface area contributed by atoms with Gasteiger partial charge in [0.25, 0.3) is 0 Å². The summed E-state index contributed by atoms with van der Waals surface area (Å²) in [5.74, 6) is 0.823. The first-order valence-electron chi connectivity index (χ1n) is 7.44. The van der Waals surface area contributed by atoms with Gasteiger partial charge in [-0.3, -0.25) is 0 Å². The molecule has 0 amide bonds. The van der Waals surface area contributed by atoms with E-state index in [9.17, 15) is 0 Å². The summed E-state index contributed by atoms with van der Waals surface area (Å²) in [7, 11) is 0. The average molecular weight is 227 g/mol. The van der Waals surface area contributed by atoms with Crippen LogP contribution in [0.3, 0.4) is 0 Å². The maximum absolute atomic E-state index is 3.62. The van der Waals surface area contributed by atoms with E-state index < -0.39 is 0 Å². The Labute approximate surface area is 103 Å². The highest BCUT2D eigenvalue weighted by Gasteiger charge is 2.08. The molecule has 0 heterocycles. The molecule has 0 spiro atoms. The lowest BCUT2D eigenvalue weighted by molar-refractivity contribution is 0.391. The molecule has 0 aliphatic rings. The zero-order valence-corrected chi connectivity index (χ0v) is 12.0. The maximum atomic E-state index is 3.62. The summed E-state index contributed by atoms with van der Waals surface area (Å²) >= 11 is 0. The van der Waals surface area contributed by atoms with Crippen LogP contribution in [0.1, 0.15) is 79.1 Å². The summed E-state index contributed by atoms with van der Waals surface area (Å²) in [5, 5.41) is 3.62. The molecule has 0 aliphatic heterocycles. The molecule has 0 radical (unpaired) electrons. The van der Waals surface area contributed by atoms with E-state index in [0.29, 0.717) is 0 Å². The van der Waals surface area contributed by atoms with Crippen molar-refractivity contribution in [3.05, 3.63) is 0 Å². The normalized spacial score (nSPS) is 13.3. The predicted molar refractivity (Wildman–Crippen MR) is 74.9 cm³/mol. The Morgan fingerprint density at radius 2 is 1.50 bits per heavy atom. The summed E-state index contributed by atoms with van der Waals surface area (Å²) in [6, 6.07) is 0.760. The van der Waals surface area contributed by atoms with Gasteiger partial charge < -0.3 is 5.32 Å². The summed E-state index contributed by atoms with van der Waals surface area (Å²) in [5.41, 5.74) is 0. The van der Waals surface area contributed by atoms with Gasteiger partial charge in [0.1, 0.15) is 0 Å². The van der Waals surface area contributed by atoms with Crippen molar-refractivity contribution in [1.82, 2.24) is 5.32 Å². The van der Waals surface area contributed by atoms with E-state index in [0.717, 1.165) is 18.5 Å². The minimum Gasteiger partial charge on any atom is -0.314 e. The Balaban J connectivity index is 3.44. The Morgan fingerprint density at radius 3 is 2.06 bits per heavy atom. The van der Waals surface area contributed by atoms with Crippen molar-refractivity contribution >= 4 is 0 Å². The number of rotatable bonds is 11. The summed E-state index contributed by atoms with van der Waals surface area (Å²) < 4.78 is 0. The molecule has 1 unspecified atom stereocenters. The second-order valence-corrected chi connectivity index (χ2v) is 5.44. The van der Waals surface area contributed by atoms with Gasteiger partial charge in [-0.15, -0.1) is 0 Å². The molecule has 0 bridgehead atoms. The predicted octanol–water partition coefficient (Wildman–Crippen LogP) is 4.76. The third-order valence-electron chi connectivity index (χ3n) is 3.15. The monoisotopic (exact) mass is 227 g/mol. The van der Waals surface area contributed by atoms with Crippen molar-refractivity contribution in [3.63, 3.8) is 0 Å². The number of hydrogen-bond donors (Lipinski definition) is 1. The van der Waals surface area contributed by atoms with Crippen molar-refractivity contribution in [2.75, 3.05) is 6.54 Å². The second kappa shape index (κ2) is 11.4. The second-order valence-electron chi connectivity index (χ2n) is 5.44. The molecule has 16 heavy (non-hydrogen) atoms. The highest BCUT2D eigenvalue weighted by molar-refractivity contribution is 4.67. The molecule has 1 heteroatoms. The van der Waals surface area contributed by atoms with Crippen molar-refractivity contribution in [3.8, 4) is 0 Å². The lowest BCUT2D eigenvalue weighted by atomic mass is 9.98. The summed E-state index contributed by atoms with van der Waals surface area (Å²) in [6.07, 6.45) is 11.2. The molecular formula is C15H33N. The van der Waals surface area contributed by atoms with Crippen LogP contribution in [-0.2, 0) is 0 Å². The van der Waals surface area contributed by atoms with Crippen LogP contribution in [0.5, 0.6) is 0 Å². The zero-order valence-electron chi connectivity index (χ0n) is 12.0. The van der Waals surface area contributed by atoms with Crippen LogP contribution in [0.4, 0.5) is 0 Å². The first kappa shape index (κ1) is 16.0. The highest BCUT2D eigenvalue weighted by Crippen LogP contribution is 2.13. The van der Waals surface area contributed by atoms with Crippen LogP contribution in [0, 0.1) is 5.92 Å². The van der Waals surface area contributed by atoms with Gasteiger partial charge in [0.15, 0.2) is 0 Å². The van der Waals surface area contributed by atoms with Crippen LogP contribution < -0.4 is 5.32 Å². The maximum Gasteiger partial charge on any atom is 0.00693 e. The molecule has 0 saturated carbocycles. The third kappa shape index (κ3) is 10.5. The van der Waals surface area contributed by atoms with Gasteiger partial charge in [0, 0.05) is 6.04 Å². The van der Waals surface area contributed by atoms with Crippen LogP contribution in [0.25, 0.3) is 0 Å². The Kier molecular flexibility index (Phi) is 11.4. The standard InChI is InChI=1S/C15H33N/c1-5-7-8-9-10-11-12-15(16-6-2)13-14(3)4/h14-16H,5-13H2,1-4H3. The largest absolute Gasteiger partial charge is 0.314 e. The average Bonchev–Trinajstić information content (AvgIpc) is 2.22. The smallest absolute Gasteiger partial charge is 0.00693 e. The van der Waals surface area contributed by atoms with E-state index in [1.807, 2.05) is 0 Å². The van der Waals surface area contributed by atoms with Gasteiger partial charge in [-0.2, -0.15) is 0 Å². The molecule has 0 aromatic rings. The van der Waals surface area contributed by atoms with E-state index in [4.69, 9.17) is 0 Å². The first-order valence-corrected chi connectivity index (χ1v) is 7.44. The van der Waals surface area contributed by atoms with Crippen LogP contribution >= 0.6 is 0 Å². The molecule has 98 valence electrons. The fourth-order valence-corrected chi connectivity index (χ4v) is 2.33. The van der Waals surface area contributed by atoms with Gasteiger partial charge in [-0.05, 0) is 25.3 Å². The molecule has 0 aliphatic carbocycles. The lowest BCUT2D eigenvalue weighted by Gasteiger charge is -2.19. The fourth-order valence-electron chi connectivity index (χ4n) is 2.33. The van der Waals surface area contributed by atoms with Crippen LogP contribution in [-0.4, -0.2) is 12.6 Å². The molecule has 1 nitrogen and oxygen atoms in total. The molecule has 0 rings (SSSR count). The molecule has 1 N–H and O–H groups in total.